The molecule has 1 aromatic rings. The Bertz CT molecular complexity index is 515. The van der Waals surface area contributed by atoms with Gasteiger partial charge < -0.3 is 14.8 Å². The number of nitrogens with zero attached hydrogens (tertiary/aromatic N) is 1. The number of carboxylic acid groups (broad SMARTS) is 1. The first-order valence-corrected chi connectivity index (χ1v) is 7.27. The summed E-state index contributed by atoms with van der Waals surface area (Å²) in [6.45, 7) is 6.38. The van der Waals surface area contributed by atoms with Crippen LogP contribution < -0.4 is 5.32 Å². The molecule has 0 aliphatic carbocycles. The highest BCUT2D eigenvalue weighted by Crippen LogP contribution is 2.25. The van der Waals surface area contributed by atoms with Crippen molar-refractivity contribution in [2.75, 3.05) is 0 Å². The summed E-state index contributed by atoms with van der Waals surface area (Å²) in [6, 6.07) is 3.56. The van der Waals surface area contributed by atoms with Gasteiger partial charge in [-0.15, -0.1) is 0 Å². The normalized spacial score (nSPS) is 24.0. The number of rotatable bonds is 5. The van der Waals surface area contributed by atoms with Crippen molar-refractivity contribution < 1.29 is 19.1 Å². The van der Waals surface area contributed by atoms with E-state index in [9.17, 15) is 9.59 Å². The van der Waals surface area contributed by atoms with Gasteiger partial charge in [-0.3, -0.25) is 9.69 Å². The summed E-state index contributed by atoms with van der Waals surface area (Å²) in [5.41, 5.74) is 0. The Morgan fingerprint density at radius 2 is 2.00 bits per heavy atom. The second-order valence-corrected chi connectivity index (χ2v) is 5.69. The van der Waals surface area contributed by atoms with E-state index in [1.807, 2.05) is 6.92 Å². The third-order valence-corrected chi connectivity index (χ3v) is 4.16. The number of hydrogen-bond acceptors (Lipinski definition) is 4. The average molecular weight is 294 g/mol. The van der Waals surface area contributed by atoms with E-state index in [1.54, 1.807) is 6.07 Å². The second-order valence-electron chi connectivity index (χ2n) is 5.69. The molecule has 1 aromatic heterocycles. The van der Waals surface area contributed by atoms with Gasteiger partial charge in [-0.05, 0) is 45.7 Å². The summed E-state index contributed by atoms with van der Waals surface area (Å²) in [6.07, 6.45) is 2.22. The third kappa shape index (κ3) is 3.44. The number of furan rings is 1. The maximum atomic E-state index is 12.2. The predicted molar refractivity (Wildman–Crippen MR) is 77.0 cm³/mol. The maximum Gasteiger partial charge on any atom is 0.371 e. The van der Waals surface area contributed by atoms with Gasteiger partial charge in [0.05, 0.1) is 12.6 Å². The minimum atomic E-state index is -1.11. The highest BCUT2D eigenvalue weighted by Gasteiger charge is 2.34. The van der Waals surface area contributed by atoms with Gasteiger partial charge in [0.2, 0.25) is 11.7 Å². The van der Waals surface area contributed by atoms with Crippen LogP contribution in [0.1, 0.15) is 49.9 Å². The summed E-state index contributed by atoms with van der Waals surface area (Å²) < 4.78 is 5.12. The van der Waals surface area contributed by atoms with Gasteiger partial charge in [-0.25, -0.2) is 4.79 Å². The van der Waals surface area contributed by atoms with Crippen LogP contribution >= 0.6 is 0 Å². The molecule has 1 amide bonds. The molecule has 1 fully saturated rings. The Morgan fingerprint density at radius 1 is 1.38 bits per heavy atom. The smallest absolute Gasteiger partial charge is 0.371 e. The largest absolute Gasteiger partial charge is 0.475 e. The average Bonchev–Trinajstić information content (AvgIpc) is 3.03. The molecule has 2 heterocycles. The first kappa shape index (κ1) is 15.6. The highest BCUT2D eigenvalue weighted by atomic mass is 16.4. The zero-order valence-corrected chi connectivity index (χ0v) is 12.6. The van der Waals surface area contributed by atoms with Crippen LogP contribution in [0.25, 0.3) is 0 Å². The lowest BCUT2D eigenvalue weighted by Gasteiger charge is -2.31. The number of hydrogen-bond donors (Lipinski definition) is 2. The Kier molecular flexibility index (Phi) is 4.67. The van der Waals surface area contributed by atoms with E-state index in [-0.39, 0.29) is 24.3 Å². The zero-order valence-electron chi connectivity index (χ0n) is 12.6. The third-order valence-electron chi connectivity index (χ3n) is 4.16. The van der Waals surface area contributed by atoms with Crippen LogP contribution in [0, 0.1) is 0 Å². The van der Waals surface area contributed by atoms with E-state index >= 15 is 0 Å². The molecule has 3 unspecified atom stereocenters. The molecular formula is C15H22N2O4. The van der Waals surface area contributed by atoms with Gasteiger partial charge in [-0.1, -0.05) is 0 Å². The summed E-state index contributed by atoms with van der Waals surface area (Å²) >= 11 is 0. The molecule has 1 aliphatic rings. The number of carbonyl (C=O) groups is 2. The minimum Gasteiger partial charge on any atom is -0.475 e. The van der Waals surface area contributed by atoms with Crippen LogP contribution in [0.5, 0.6) is 0 Å². The molecule has 6 nitrogen and oxygen atoms in total. The highest BCUT2D eigenvalue weighted by molar-refractivity contribution is 5.84. The summed E-state index contributed by atoms with van der Waals surface area (Å²) in [7, 11) is 0. The molecule has 0 bridgehead atoms. The van der Waals surface area contributed by atoms with Gasteiger partial charge >= 0.3 is 5.97 Å². The van der Waals surface area contributed by atoms with Crippen LogP contribution in [0.2, 0.25) is 0 Å². The van der Waals surface area contributed by atoms with Crippen LogP contribution in [-0.2, 0) is 11.3 Å². The monoisotopic (exact) mass is 294 g/mol. The number of carbonyl (C=O) groups excluding carboxylic acids is 1. The quantitative estimate of drug-likeness (QED) is 0.866. The number of aromatic carboxylic acids is 1. The fourth-order valence-electron chi connectivity index (χ4n) is 3.02. The van der Waals surface area contributed by atoms with Gasteiger partial charge in [0, 0.05) is 12.1 Å². The van der Waals surface area contributed by atoms with E-state index < -0.39 is 5.97 Å². The SMILES string of the molecule is CC1CCC(C)N1C(C)C(=O)NCc1ccc(C(=O)O)o1. The van der Waals surface area contributed by atoms with Gasteiger partial charge in [0.15, 0.2) is 0 Å². The minimum absolute atomic E-state index is 0.0659. The van der Waals surface area contributed by atoms with Crippen molar-refractivity contribution in [3.05, 3.63) is 23.7 Å². The first-order valence-electron chi connectivity index (χ1n) is 7.27. The maximum absolute atomic E-state index is 12.2. The van der Waals surface area contributed by atoms with Crippen molar-refractivity contribution in [2.24, 2.45) is 0 Å². The van der Waals surface area contributed by atoms with Crippen molar-refractivity contribution >= 4 is 11.9 Å². The Labute approximate surface area is 124 Å². The van der Waals surface area contributed by atoms with E-state index in [1.165, 1.54) is 6.07 Å². The summed E-state index contributed by atoms with van der Waals surface area (Å²) in [5.74, 6) is -0.853. The molecule has 0 radical (unpaired) electrons. The molecule has 1 saturated heterocycles. The fourth-order valence-corrected chi connectivity index (χ4v) is 3.02. The van der Waals surface area contributed by atoms with Crippen LogP contribution in [0.4, 0.5) is 0 Å². The molecule has 0 aromatic carbocycles. The fraction of sp³-hybridized carbons (Fsp3) is 0.600. The van der Waals surface area contributed by atoms with Crippen molar-refractivity contribution in [3.63, 3.8) is 0 Å². The molecule has 2 rings (SSSR count). The van der Waals surface area contributed by atoms with Gasteiger partial charge in [0.25, 0.3) is 0 Å². The molecule has 0 spiro atoms. The van der Waals surface area contributed by atoms with E-state index in [4.69, 9.17) is 9.52 Å². The Hall–Kier alpha value is -1.82. The lowest BCUT2D eigenvalue weighted by molar-refractivity contribution is -0.127. The molecular weight excluding hydrogens is 272 g/mol. The van der Waals surface area contributed by atoms with Crippen LogP contribution in [-0.4, -0.2) is 40.0 Å². The molecule has 0 saturated carbocycles. The van der Waals surface area contributed by atoms with Crippen LogP contribution in [0.15, 0.2) is 16.5 Å². The molecule has 1 aliphatic heterocycles. The van der Waals surface area contributed by atoms with Gasteiger partial charge in [-0.2, -0.15) is 0 Å². The molecule has 116 valence electrons. The van der Waals surface area contributed by atoms with E-state index in [2.05, 4.69) is 24.1 Å². The Balaban J connectivity index is 1.90. The van der Waals surface area contributed by atoms with Crippen molar-refractivity contribution in [2.45, 2.75) is 58.3 Å². The van der Waals surface area contributed by atoms with Crippen molar-refractivity contribution in [3.8, 4) is 0 Å². The topological polar surface area (TPSA) is 82.8 Å². The summed E-state index contributed by atoms with van der Waals surface area (Å²) in [5, 5.41) is 11.6. The first-order chi connectivity index (χ1) is 9.90. The molecule has 6 heteroatoms. The Morgan fingerprint density at radius 3 is 2.52 bits per heavy atom. The summed E-state index contributed by atoms with van der Waals surface area (Å²) in [4.78, 5) is 25.2. The van der Waals surface area contributed by atoms with E-state index in [0.717, 1.165) is 12.8 Å². The van der Waals surface area contributed by atoms with E-state index in [0.29, 0.717) is 17.8 Å². The molecule has 2 N–H and O–H groups in total. The lowest BCUT2D eigenvalue weighted by atomic mass is 10.2. The zero-order chi connectivity index (χ0) is 15.6. The second kappa shape index (κ2) is 6.30. The van der Waals surface area contributed by atoms with Crippen molar-refractivity contribution in [1.29, 1.82) is 0 Å². The van der Waals surface area contributed by atoms with Crippen LogP contribution in [0.3, 0.4) is 0 Å². The number of amides is 1. The lowest BCUT2D eigenvalue weighted by Crippen LogP contribution is -2.48. The van der Waals surface area contributed by atoms with Crippen molar-refractivity contribution in [1.82, 2.24) is 10.2 Å². The number of carboxylic acids is 1. The molecule has 3 atom stereocenters. The standard InChI is InChI=1S/C15H22N2O4/c1-9-4-5-10(2)17(9)11(3)14(18)16-8-12-6-7-13(21-12)15(19)20/h6-7,9-11H,4-5,8H2,1-3H3,(H,16,18)(H,19,20). The number of nitrogens with one attached hydrogen (secondary N) is 1. The molecule has 21 heavy (non-hydrogen) atoms. The van der Waals surface area contributed by atoms with Gasteiger partial charge in [0.1, 0.15) is 5.76 Å². The number of likely N-dealkylation sites (tertiary alicyclic amines) is 1. The predicted octanol–water partition coefficient (Wildman–Crippen LogP) is 1.86.